The summed E-state index contributed by atoms with van der Waals surface area (Å²) in [7, 11) is -3.53. The van der Waals surface area contributed by atoms with Crippen molar-refractivity contribution in [2.24, 2.45) is 5.92 Å². The highest BCUT2D eigenvalue weighted by Gasteiger charge is 2.32. The Morgan fingerprint density at radius 3 is 2.48 bits per heavy atom. The quantitative estimate of drug-likeness (QED) is 0.818. The van der Waals surface area contributed by atoms with Crippen LogP contribution in [-0.4, -0.2) is 31.7 Å². The Morgan fingerprint density at radius 1 is 1.15 bits per heavy atom. The Hall–Kier alpha value is -1.96. The Kier molecular flexibility index (Phi) is 6.14. The summed E-state index contributed by atoms with van der Waals surface area (Å²) in [6.07, 6.45) is 1.22. The van der Waals surface area contributed by atoms with E-state index in [4.69, 9.17) is 11.6 Å². The summed E-state index contributed by atoms with van der Waals surface area (Å²) in [5.74, 6) is -1.21. The first-order chi connectivity index (χ1) is 12.8. The van der Waals surface area contributed by atoms with Crippen LogP contribution in [0.5, 0.6) is 0 Å². The number of sulfonamides is 1. The molecule has 1 amide bonds. The largest absolute Gasteiger partial charge is 0.326 e. The molecule has 144 valence electrons. The molecule has 0 saturated carbocycles. The van der Waals surface area contributed by atoms with Crippen molar-refractivity contribution in [2.75, 3.05) is 18.4 Å². The minimum atomic E-state index is -3.53. The number of hydrogen-bond acceptors (Lipinski definition) is 3. The summed E-state index contributed by atoms with van der Waals surface area (Å²) in [5.41, 5.74) is 1.14. The Balaban J connectivity index is 1.64. The van der Waals surface area contributed by atoms with E-state index in [9.17, 15) is 17.6 Å². The molecule has 0 unspecified atom stereocenters. The van der Waals surface area contributed by atoms with Gasteiger partial charge in [0.05, 0.1) is 11.7 Å². The highest BCUT2D eigenvalue weighted by atomic mass is 35.5. The minimum Gasteiger partial charge on any atom is -0.326 e. The van der Waals surface area contributed by atoms with Gasteiger partial charge in [-0.15, -0.1) is 0 Å². The van der Waals surface area contributed by atoms with Crippen molar-refractivity contribution in [3.05, 3.63) is 64.9 Å². The van der Waals surface area contributed by atoms with Gasteiger partial charge in [-0.3, -0.25) is 4.79 Å². The molecule has 0 bridgehead atoms. The molecule has 1 atom stereocenters. The number of anilines is 1. The monoisotopic (exact) mass is 410 g/mol. The van der Waals surface area contributed by atoms with Gasteiger partial charge >= 0.3 is 0 Å². The summed E-state index contributed by atoms with van der Waals surface area (Å²) >= 11 is 5.84. The number of benzene rings is 2. The van der Waals surface area contributed by atoms with E-state index in [1.807, 2.05) is 0 Å². The molecule has 1 heterocycles. The number of halogens is 2. The highest BCUT2D eigenvalue weighted by Crippen LogP contribution is 2.23. The molecule has 2 aromatic carbocycles. The summed E-state index contributed by atoms with van der Waals surface area (Å²) in [5, 5.41) is 3.27. The smallest absolute Gasteiger partial charge is 0.228 e. The molecule has 5 nitrogen and oxygen atoms in total. The van der Waals surface area contributed by atoms with Crippen LogP contribution in [0.4, 0.5) is 10.1 Å². The predicted octanol–water partition coefficient (Wildman–Crippen LogP) is 3.66. The van der Waals surface area contributed by atoms with Crippen LogP contribution in [0, 0.1) is 11.7 Å². The van der Waals surface area contributed by atoms with Crippen molar-refractivity contribution in [3.63, 3.8) is 0 Å². The van der Waals surface area contributed by atoms with E-state index in [-0.39, 0.29) is 24.0 Å². The summed E-state index contributed by atoms with van der Waals surface area (Å²) in [4.78, 5) is 12.5. The maximum Gasteiger partial charge on any atom is 0.228 e. The van der Waals surface area contributed by atoms with Crippen molar-refractivity contribution in [1.29, 1.82) is 0 Å². The van der Waals surface area contributed by atoms with E-state index < -0.39 is 15.9 Å². The molecular weight excluding hydrogens is 391 g/mol. The van der Waals surface area contributed by atoms with E-state index in [0.717, 1.165) is 0 Å². The number of carbonyl (C=O) groups excluding carboxylic acids is 1. The second-order valence-electron chi connectivity index (χ2n) is 6.58. The maximum absolute atomic E-state index is 13.0. The minimum absolute atomic E-state index is 0.129. The summed E-state index contributed by atoms with van der Waals surface area (Å²) < 4.78 is 39.8. The molecule has 0 radical (unpaired) electrons. The van der Waals surface area contributed by atoms with Gasteiger partial charge in [0, 0.05) is 23.8 Å². The number of piperidine rings is 1. The van der Waals surface area contributed by atoms with E-state index in [1.165, 1.54) is 28.6 Å². The Bertz CT molecular complexity index is 902. The highest BCUT2D eigenvalue weighted by molar-refractivity contribution is 7.88. The molecule has 1 aliphatic rings. The van der Waals surface area contributed by atoms with E-state index in [0.29, 0.717) is 35.7 Å². The second-order valence-corrected chi connectivity index (χ2v) is 8.98. The van der Waals surface area contributed by atoms with Gasteiger partial charge in [0.2, 0.25) is 15.9 Å². The molecule has 1 aliphatic heterocycles. The fourth-order valence-corrected chi connectivity index (χ4v) is 4.81. The number of carbonyl (C=O) groups is 1. The zero-order chi connectivity index (χ0) is 19.4. The lowest BCUT2D eigenvalue weighted by atomic mass is 9.99. The van der Waals surface area contributed by atoms with Gasteiger partial charge in [-0.2, -0.15) is 0 Å². The van der Waals surface area contributed by atoms with Gasteiger partial charge in [0.1, 0.15) is 5.82 Å². The van der Waals surface area contributed by atoms with Crippen LogP contribution in [0.1, 0.15) is 18.4 Å². The first kappa shape index (κ1) is 19.8. The maximum atomic E-state index is 13.0. The number of nitrogens with zero attached hydrogens (tertiary/aromatic N) is 1. The van der Waals surface area contributed by atoms with Gasteiger partial charge < -0.3 is 5.32 Å². The molecule has 2 aromatic rings. The zero-order valence-electron chi connectivity index (χ0n) is 14.6. The lowest BCUT2D eigenvalue weighted by Gasteiger charge is -2.31. The van der Waals surface area contributed by atoms with Crippen LogP contribution in [0.3, 0.4) is 0 Å². The van der Waals surface area contributed by atoms with Gasteiger partial charge in [-0.05, 0) is 54.8 Å². The van der Waals surface area contributed by atoms with Gasteiger partial charge in [-0.25, -0.2) is 17.1 Å². The fourth-order valence-electron chi connectivity index (χ4n) is 3.07. The molecule has 1 saturated heterocycles. The standard InChI is InChI=1S/C19H20ClFN2O3S/c20-16-5-3-14(4-6-16)13-27(25,26)23-11-1-2-15(12-23)19(24)22-18-9-7-17(21)8-10-18/h3-10,15H,1-2,11-13H2,(H,22,24)/t15-/m0/s1. The summed E-state index contributed by atoms with van der Waals surface area (Å²) in [6, 6.07) is 12.2. The SMILES string of the molecule is O=C(Nc1ccc(F)cc1)[C@H]1CCCN(S(=O)(=O)Cc2ccc(Cl)cc2)C1. The number of rotatable bonds is 5. The van der Waals surface area contributed by atoms with Crippen molar-refractivity contribution in [3.8, 4) is 0 Å². The zero-order valence-corrected chi connectivity index (χ0v) is 16.1. The lowest BCUT2D eigenvalue weighted by molar-refractivity contribution is -0.120. The average Bonchev–Trinajstić information content (AvgIpc) is 2.65. The molecule has 1 fully saturated rings. The van der Waals surface area contributed by atoms with E-state index in [2.05, 4.69) is 5.32 Å². The second kappa shape index (κ2) is 8.37. The molecule has 0 spiro atoms. The van der Waals surface area contributed by atoms with Gasteiger partial charge in [0.15, 0.2) is 0 Å². The van der Waals surface area contributed by atoms with Crippen molar-refractivity contribution < 1.29 is 17.6 Å². The van der Waals surface area contributed by atoms with Crippen LogP contribution >= 0.6 is 11.6 Å². The molecule has 8 heteroatoms. The third-order valence-corrected chi connectivity index (χ3v) is 6.59. The fraction of sp³-hybridized carbons (Fsp3) is 0.316. The van der Waals surface area contributed by atoms with Gasteiger partial charge in [-0.1, -0.05) is 23.7 Å². The van der Waals surface area contributed by atoms with Gasteiger partial charge in [0.25, 0.3) is 0 Å². The Labute approximate surface area is 163 Å². The third kappa shape index (κ3) is 5.28. The molecule has 27 heavy (non-hydrogen) atoms. The van der Waals surface area contributed by atoms with Crippen LogP contribution in [-0.2, 0) is 20.6 Å². The van der Waals surface area contributed by atoms with E-state index in [1.54, 1.807) is 24.3 Å². The number of nitrogens with one attached hydrogen (secondary N) is 1. The van der Waals surface area contributed by atoms with Crippen molar-refractivity contribution in [1.82, 2.24) is 4.31 Å². The molecule has 3 rings (SSSR count). The lowest BCUT2D eigenvalue weighted by Crippen LogP contribution is -2.44. The van der Waals surface area contributed by atoms with E-state index >= 15 is 0 Å². The molecule has 0 aliphatic carbocycles. The van der Waals surface area contributed by atoms with Crippen LogP contribution in [0.25, 0.3) is 0 Å². The molecule has 1 N–H and O–H groups in total. The Morgan fingerprint density at radius 2 is 1.81 bits per heavy atom. The van der Waals surface area contributed by atoms with Crippen LogP contribution in [0.15, 0.2) is 48.5 Å². The van der Waals surface area contributed by atoms with Crippen molar-refractivity contribution >= 4 is 33.2 Å². The molecular formula is C19H20ClFN2O3S. The average molecular weight is 411 g/mol. The predicted molar refractivity (Wildman–Crippen MR) is 103 cm³/mol. The topological polar surface area (TPSA) is 66.5 Å². The first-order valence-electron chi connectivity index (χ1n) is 8.62. The normalized spacial score (nSPS) is 18.2. The third-order valence-electron chi connectivity index (χ3n) is 4.52. The van der Waals surface area contributed by atoms with Crippen LogP contribution in [0.2, 0.25) is 5.02 Å². The number of hydrogen-bond donors (Lipinski definition) is 1. The number of amides is 1. The molecule has 0 aromatic heterocycles. The summed E-state index contributed by atoms with van der Waals surface area (Å²) in [6.45, 7) is 0.541. The van der Waals surface area contributed by atoms with Crippen molar-refractivity contribution in [2.45, 2.75) is 18.6 Å². The van der Waals surface area contributed by atoms with Crippen LogP contribution < -0.4 is 5.32 Å². The first-order valence-corrected chi connectivity index (χ1v) is 10.6.